The van der Waals surface area contributed by atoms with E-state index in [9.17, 15) is 0 Å². The van der Waals surface area contributed by atoms with Gasteiger partial charge in [-0.25, -0.2) is 0 Å². The van der Waals surface area contributed by atoms with Crippen molar-refractivity contribution in [2.45, 2.75) is 32.1 Å². The van der Waals surface area contributed by atoms with E-state index >= 15 is 0 Å². The van der Waals surface area contributed by atoms with Crippen LogP contribution < -0.4 is 5.73 Å². The van der Waals surface area contributed by atoms with Crippen LogP contribution in [0.4, 0.5) is 6.01 Å². The molecule has 4 heteroatoms. The van der Waals surface area contributed by atoms with Crippen molar-refractivity contribution >= 4 is 12.1 Å². The van der Waals surface area contributed by atoms with E-state index in [0.717, 1.165) is 29.6 Å². The van der Waals surface area contributed by atoms with Gasteiger partial charge in [0, 0.05) is 0 Å². The first-order valence-electron chi connectivity index (χ1n) is 7.05. The number of nitrogens with two attached hydrogens (primary N) is 1. The molecule has 4 nitrogen and oxygen atoms in total. The summed E-state index contributed by atoms with van der Waals surface area (Å²) in [6.07, 6.45) is 11.6. The fraction of sp³-hybridized carbons (Fsp3) is 0.714. The smallest absolute Gasteiger partial charge is 0.319 e. The SMILES string of the molecule is Nc1nc(/C=C/C2C3CC4CC(C3)CC2C4)no1. The Kier molecular flexibility index (Phi) is 2.26. The van der Waals surface area contributed by atoms with Gasteiger partial charge in [0.15, 0.2) is 5.82 Å². The number of rotatable bonds is 2. The van der Waals surface area contributed by atoms with Crippen LogP contribution >= 0.6 is 0 Å². The number of allylic oxidation sites excluding steroid dienone is 1. The van der Waals surface area contributed by atoms with Crippen LogP contribution in [-0.4, -0.2) is 10.1 Å². The molecule has 4 bridgehead atoms. The van der Waals surface area contributed by atoms with Crippen molar-refractivity contribution in [2.75, 3.05) is 5.73 Å². The van der Waals surface area contributed by atoms with Gasteiger partial charge < -0.3 is 10.3 Å². The Bertz CT molecular complexity index is 451. The topological polar surface area (TPSA) is 64.9 Å². The van der Waals surface area contributed by atoms with E-state index in [1.807, 2.05) is 6.08 Å². The first-order valence-corrected chi connectivity index (χ1v) is 7.05. The second-order valence-corrected chi connectivity index (χ2v) is 6.36. The Morgan fingerprint density at radius 3 is 2.28 bits per heavy atom. The first-order chi connectivity index (χ1) is 8.78. The molecule has 4 fully saturated rings. The van der Waals surface area contributed by atoms with Crippen LogP contribution in [0.1, 0.15) is 37.9 Å². The Balaban J connectivity index is 1.53. The molecule has 96 valence electrons. The van der Waals surface area contributed by atoms with Gasteiger partial charge in [0.1, 0.15) is 0 Å². The summed E-state index contributed by atoms with van der Waals surface area (Å²) in [4.78, 5) is 4.03. The summed E-state index contributed by atoms with van der Waals surface area (Å²) in [7, 11) is 0. The minimum absolute atomic E-state index is 0.153. The average Bonchev–Trinajstić information content (AvgIpc) is 2.73. The number of hydrogen-bond donors (Lipinski definition) is 1. The third-order valence-electron chi connectivity index (χ3n) is 5.22. The van der Waals surface area contributed by atoms with E-state index in [-0.39, 0.29) is 6.01 Å². The van der Waals surface area contributed by atoms with Crippen LogP contribution in [0.5, 0.6) is 0 Å². The van der Waals surface area contributed by atoms with Crippen molar-refractivity contribution in [1.82, 2.24) is 10.1 Å². The molecule has 1 aromatic heterocycles. The zero-order chi connectivity index (χ0) is 12.1. The molecule has 4 aliphatic rings. The maximum Gasteiger partial charge on any atom is 0.319 e. The Morgan fingerprint density at radius 1 is 1.06 bits per heavy atom. The van der Waals surface area contributed by atoms with Crippen molar-refractivity contribution in [3.8, 4) is 0 Å². The third kappa shape index (κ3) is 1.66. The van der Waals surface area contributed by atoms with Crippen LogP contribution in [0.3, 0.4) is 0 Å². The van der Waals surface area contributed by atoms with E-state index in [4.69, 9.17) is 10.3 Å². The fourth-order valence-electron chi connectivity index (χ4n) is 4.79. The molecule has 4 saturated carbocycles. The maximum atomic E-state index is 5.43. The lowest BCUT2D eigenvalue weighted by Crippen LogP contribution is -2.44. The molecular formula is C14H19N3O. The average molecular weight is 245 g/mol. The molecule has 0 aromatic carbocycles. The van der Waals surface area contributed by atoms with Crippen LogP contribution in [0, 0.1) is 29.6 Å². The molecule has 18 heavy (non-hydrogen) atoms. The van der Waals surface area contributed by atoms with Gasteiger partial charge in [0.25, 0.3) is 0 Å². The van der Waals surface area contributed by atoms with Gasteiger partial charge in [0.05, 0.1) is 0 Å². The van der Waals surface area contributed by atoms with Crippen molar-refractivity contribution < 1.29 is 4.52 Å². The summed E-state index contributed by atoms with van der Waals surface area (Å²) >= 11 is 0. The molecule has 1 aromatic rings. The molecular weight excluding hydrogens is 226 g/mol. The van der Waals surface area contributed by atoms with Gasteiger partial charge in [-0.3, -0.25) is 0 Å². The number of aromatic nitrogens is 2. The summed E-state index contributed by atoms with van der Waals surface area (Å²) in [5.74, 6) is 5.21. The van der Waals surface area contributed by atoms with E-state index < -0.39 is 0 Å². The molecule has 0 unspecified atom stereocenters. The van der Waals surface area contributed by atoms with E-state index in [1.165, 1.54) is 32.1 Å². The second kappa shape index (κ2) is 3.84. The quantitative estimate of drug-likeness (QED) is 0.870. The maximum absolute atomic E-state index is 5.43. The summed E-state index contributed by atoms with van der Waals surface area (Å²) in [5.41, 5.74) is 5.43. The highest BCUT2D eigenvalue weighted by molar-refractivity contribution is 5.41. The molecule has 5 rings (SSSR count). The van der Waals surface area contributed by atoms with Crippen LogP contribution in [0.2, 0.25) is 0 Å². The predicted octanol–water partition coefficient (Wildman–Crippen LogP) is 2.74. The number of anilines is 1. The highest BCUT2D eigenvalue weighted by Gasteiger charge is 2.47. The first kappa shape index (κ1) is 10.6. The van der Waals surface area contributed by atoms with Crippen molar-refractivity contribution in [3.05, 3.63) is 11.9 Å². The lowest BCUT2D eigenvalue weighted by Gasteiger charge is -2.53. The fourth-order valence-corrected chi connectivity index (χ4v) is 4.79. The van der Waals surface area contributed by atoms with Crippen LogP contribution in [0.25, 0.3) is 6.08 Å². The molecule has 0 amide bonds. The Hall–Kier alpha value is -1.32. The van der Waals surface area contributed by atoms with Crippen molar-refractivity contribution in [2.24, 2.45) is 29.6 Å². The van der Waals surface area contributed by atoms with Crippen LogP contribution in [0.15, 0.2) is 10.6 Å². The van der Waals surface area contributed by atoms with Gasteiger partial charge in [-0.15, -0.1) is 0 Å². The summed E-state index contributed by atoms with van der Waals surface area (Å²) < 4.78 is 4.79. The van der Waals surface area contributed by atoms with Gasteiger partial charge in [-0.2, -0.15) is 4.98 Å². The Morgan fingerprint density at radius 2 is 1.72 bits per heavy atom. The number of nitrogens with zero attached hydrogens (tertiary/aromatic N) is 2. The molecule has 0 atom stereocenters. The lowest BCUT2D eigenvalue weighted by atomic mass is 9.52. The number of nitrogen functional groups attached to an aromatic ring is 1. The predicted molar refractivity (Wildman–Crippen MR) is 68.3 cm³/mol. The third-order valence-corrected chi connectivity index (χ3v) is 5.22. The van der Waals surface area contributed by atoms with Crippen LogP contribution in [-0.2, 0) is 0 Å². The monoisotopic (exact) mass is 245 g/mol. The molecule has 4 aliphatic carbocycles. The van der Waals surface area contributed by atoms with Gasteiger partial charge >= 0.3 is 6.01 Å². The second-order valence-electron chi connectivity index (χ2n) is 6.36. The molecule has 0 saturated heterocycles. The molecule has 0 radical (unpaired) electrons. The zero-order valence-corrected chi connectivity index (χ0v) is 10.5. The van der Waals surface area contributed by atoms with E-state index in [1.54, 1.807) is 0 Å². The molecule has 0 spiro atoms. The van der Waals surface area contributed by atoms with Gasteiger partial charge in [-0.05, 0) is 67.8 Å². The summed E-state index contributed by atoms with van der Waals surface area (Å²) in [5, 5.41) is 3.82. The van der Waals surface area contributed by atoms with Gasteiger partial charge in [-0.1, -0.05) is 11.2 Å². The lowest BCUT2D eigenvalue weighted by molar-refractivity contribution is -0.0158. The largest absolute Gasteiger partial charge is 0.351 e. The highest BCUT2D eigenvalue weighted by atomic mass is 16.5. The minimum Gasteiger partial charge on any atom is -0.351 e. The molecule has 2 N–H and O–H groups in total. The highest BCUT2D eigenvalue weighted by Crippen LogP contribution is 2.56. The van der Waals surface area contributed by atoms with Gasteiger partial charge in [0.2, 0.25) is 0 Å². The molecule has 1 heterocycles. The molecule has 0 aliphatic heterocycles. The standard InChI is InChI=1S/C14H19N3O/c15-14-16-13(17-18-14)2-1-12-10-4-8-3-9(6-10)7-11(12)5-8/h1-2,8-12H,3-7H2,(H2,15,16,17)/b2-1+. The van der Waals surface area contributed by atoms with E-state index in [2.05, 4.69) is 16.2 Å². The zero-order valence-electron chi connectivity index (χ0n) is 10.5. The Labute approximate surface area is 107 Å². The number of hydrogen-bond acceptors (Lipinski definition) is 4. The summed E-state index contributed by atoms with van der Waals surface area (Å²) in [6.45, 7) is 0. The summed E-state index contributed by atoms with van der Waals surface area (Å²) in [6, 6.07) is 0.153. The van der Waals surface area contributed by atoms with Crippen molar-refractivity contribution in [3.63, 3.8) is 0 Å². The normalized spacial score (nSPS) is 41.9. The van der Waals surface area contributed by atoms with E-state index in [0.29, 0.717) is 5.82 Å². The minimum atomic E-state index is 0.153. The van der Waals surface area contributed by atoms with Crippen molar-refractivity contribution in [1.29, 1.82) is 0 Å².